The SMILES string of the molecule is CCC1CCC(O)(CNC(C)c2ccc(C(=O)O)o2)CC1. The van der Waals surface area contributed by atoms with Gasteiger partial charge in [-0.05, 0) is 50.7 Å². The van der Waals surface area contributed by atoms with E-state index in [4.69, 9.17) is 9.52 Å². The van der Waals surface area contributed by atoms with Crippen molar-refractivity contribution in [1.82, 2.24) is 5.32 Å². The molecule has 118 valence electrons. The minimum absolute atomic E-state index is 0.0548. The Morgan fingerprint density at radius 2 is 2.14 bits per heavy atom. The number of carboxylic acids is 1. The zero-order valence-corrected chi connectivity index (χ0v) is 12.8. The summed E-state index contributed by atoms with van der Waals surface area (Å²) in [6.45, 7) is 4.62. The number of carboxylic acid groups (broad SMARTS) is 1. The Kier molecular flexibility index (Phi) is 5.06. The molecule has 5 nitrogen and oxygen atoms in total. The molecule has 21 heavy (non-hydrogen) atoms. The van der Waals surface area contributed by atoms with Gasteiger partial charge in [0, 0.05) is 6.54 Å². The molecule has 1 fully saturated rings. The number of aromatic carboxylic acids is 1. The molecule has 0 radical (unpaired) electrons. The Bertz CT molecular complexity index is 474. The van der Waals surface area contributed by atoms with Crippen LogP contribution in [0.2, 0.25) is 0 Å². The number of aliphatic hydroxyl groups is 1. The van der Waals surface area contributed by atoms with Crippen molar-refractivity contribution in [2.75, 3.05) is 6.54 Å². The lowest BCUT2D eigenvalue weighted by atomic mass is 9.78. The first kappa shape index (κ1) is 16.0. The number of hydrogen-bond acceptors (Lipinski definition) is 4. The van der Waals surface area contributed by atoms with Gasteiger partial charge in [-0.25, -0.2) is 4.79 Å². The van der Waals surface area contributed by atoms with E-state index in [2.05, 4.69) is 12.2 Å². The standard InChI is InChI=1S/C16H25NO4/c1-3-12-6-8-16(20,9-7-12)10-17-11(2)13-4-5-14(21-13)15(18)19/h4-5,11-12,17,20H,3,6-10H2,1-2H3,(H,18,19). The lowest BCUT2D eigenvalue weighted by Gasteiger charge is -2.36. The molecule has 1 aromatic heterocycles. The zero-order valence-electron chi connectivity index (χ0n) is 12.8. The van der Waals surface area contributed by atoms with Crippen LogP contribution in [0.15, 0.2) is 16.5 Å². The van der Waals surface area contributed by atoms with Crippen LogP contribution in [0.25, 0.3) is 0 Å². The summed E-state index contributed by atoms with van der Waals surface area (Å²) in [7, 11) is 0. The number of hydrogen-bond donors (Lipinski definition) is 3. The third-order valence-corrected chi connectivity index (χ3v) is 4.61. The molecular formula is C16H25NO4. The Labute approximate surface area is 125 Å². The number of rotatable bonds is 6. The van der Waals surface area contributed by atoms with Crippen LogP contribution >= 0.6 is 0 Å². The summed E-state index contributed by atoms with van der Waals surface area (Å²) in [5.41, 5.74) is -0.651. The third-order valence-electron chi connectivity index (χ3n) is 4.61. The molecule has 1 aromatic rings. The molecule has 2 rings (SSSR count). The van der Waals surface area contributed by atoms with Crippen molar-refractivity contribution in [3.63, 3.8) is 0 Å². The molecule has 1 aliphatic carbocycles. The molecule has 0 bridgehead atoms. The highest BCUT2D eigenvalue weighted by atomic mass is 16.4. The van der Waals surface area contributed by atoms with Crippen molar-refractivity contribution in [2.45, 2.75) is 57.6 Å². The van der Waals surface area contributed by atoms with Gasteiger partial charge in [-0.1, -0.05) is 13.3 Å². The van der Waals surface area contributed by atoms with E-state index in [-0.39, 0.29) is 11.8 Å². The fraction of sp³-hybridized carbons (Fsp3) is 0.688. The van der Waals surface area contributed by atoms with Crippen molar-refractivity contribution in [2.24, 2.45) is 5.92 Å². The van der Waals surface area contributed by atoms with Crippen LogP contribution in [-0.4, -0.2) is 28.3 Å². The number of furan rings is 1. The van der Waals surface area contributed by atoms with E-state index < -0.39 is 11.6 Å². The first-order valence-corrected chi connectivity index (χ1v) is 7.72. The third kappa shape index (κ3) is 4.08. The molecule has 0 aliphatic heterocycles. The van der Waals surface area contributed by atoms with E-state index in [0.29, 0.717) is 12.3 Å². The average Bonchev–Trinajstić information content (AvgIpc) is 2.96. The summed E-state index contributed by atoms with van der Waals surface area (Å²) < 4.78 is 5.27. The van der Waals surface area contributed by atoms with Gasteiger partial charge in [0.15, 0.2) is 0 Å². The van der Waals surface area contributed by atoms with Crippen LogP contribution < -0.4 is 5.32 Å². The van der Waals surface area contributed by atoms with Crippen LogP contribution in [-0.2, 0) is 0 Å². The lowest BCUT2D eigenvalue weighted by Crippen LogP contribution is -2.44. The highest BCUT2D eigenvalue weighted by Gasteiger charge is 2.32. The molecule has 0 saturated heterocycles. The van der Waals surface area contributed by atoms with Crippen LogP contribution in [0, 0.1) is 5.92 Å². The van der Waals surface area contributed by atoms with E-state index in [1.807, 2.05) is 6.92 Å². The quantitative estimate of drug-likeness (QED) is 0.751. The van der Waals surface area contributed by atoms with Crippen molar-refractivity contribution in [3.8, 4) is 0 Å². The molecule has 3 N–H and O–H groups in total. The molecule has 1 atom stereocenters. The maximum absolute atomic E-state index is 10.8. The van der Waals surface area contributed by atoms with Crippen molar-refractivity contribution in [1.29, 1.82) is 0 Å². The van der Waals surface area contributed by atoms with Gasteiger partial charge in [-0.15, -0.1) is 0 Å². The van der Waals surface area contributed by atoms with Crippen molar-refractivity contribution in [3.05, 3.63) is 23.7 Å². The molecule has 5 heteroatoms. The van der Waals surface area contributed by atoms with E-state index >= 15 is 0 Å². The van der Waals surface area contributed by atoms with Crippen LogP contribution in [0.5, 0.6) is 0 Å². The van der Waals surface area contributed by atoms with Crippen molar-refractivity contribution >= 4 is 5.97 Å². The summed E-state index contributed by atoms with van der Waals surface area (Å²) in [6.07, 6.45) is 4.98. The second-order valence-corrected chi connectivity index (χ2v) is 6.19. The second kappa shape index (κ2) is 6.62. The Morgan fingerprint density at radius 1 is 1.48 bits per heavy atom. The Hall–Kier alpha value is -1.33. The van der Waals surface area contributed by atoms with Crippen LogP contribution in [0.3, 0.4) is 0 Å². The van der Waals surface area contributed by atoms with Gasteiger partial charge in [0.1, 0.15) is 5.76 Å². The highest BCUT2D eigenvalue weighted by molar-refractivity contribution is 5.84. The number of carbonyl (C=O) groups is 1. The molecule has 1 unspecified atom stereocenters. The van der Waals surface area contributed by atoms with Gasteiger partial charge in [0.2, 0.25) is 5.76 Å². The summed E-state index contributed by atoms with van der Waals surface area (Å²) in [4.78, 5) is 10.8. The van der Waals surface area contributed by atoms with Crippen molar-refractivity contribution < 1.29 is 19.4 Å². The second-order valence-electron chi connectivity index (χ2n) is 6.19. The summed E-state index contributed by atoms with van der Waals surface area (Å²) >= 11 is 0. The first-order chi connectivity index (χ1) is 9.93. The summed E-state index contributed by atoms with van der Waals surface area (Å²) in [6, 6.07) is 3.00. The smallest absolute Gasteiger partial charge is 0.371 e. The van der Waals surface area contributed by atoms with Gasteiger partial charge < -0.3 is 19.9 Å². The van der Waals surface area contributed by atoms with Crippen LogP contribution in [0.4, 0.5) is 0 Å². The Morgan fingerprint density at radius 3 is 2.67 bits per heavy atom. The monoisotopic (exact) mass is 295 g/mol. The minimum Gasteiger partial charge on any atom is -0.475 e. The minimum atomic E-state index is -1.06. The van der Waals surface area contributed by atoms with E-state index in [1.54, 1.807) is 6.07 Å². The van der Waals surface area contributed by atoms with Crippen LogP contribution in [0.1, 0.15) is 68.3 Å². The van der Waals surface area contributed by atoms with E-state index in [1.165, 1.54) is 12.5 Å². The fourth-order valence-electron chi connectivity index (χ4n) is 2.94. The molecule has 0 amide bonds. The molecular weight excluding hydrogens is 270 g/mol. The largest absolute Gasteiger partial charge is 0.475 e. The predicted octanol–water partition coefficient (Wildman–Crippen LogP) is 2.96. The molecule has 1 saturated carbocycles. The van der Waals surface area contributed by atoms with Gasteiger partial charge in [-0.3, -0.25) is 0 Å². The van der Waals surface area contributed by atoms with Gasteiger partial charge in [0.25, 0.3) is 0 Å². The molecule has 1 heterocycles. The van der Waals surface area contributed by atoms with Gasteiger partial charge in [-0.2, -0.15) is 0 Å². The van der Waals surface area contributed by atoms with E-state index in [9.17, 15) is 9.90 Å². The normalized spacial score (nSPS) is 27.5. The summed E-state index contributed by atoms with van der Waals surface area (Å²) in [5.74, 6) is 0.204. The first-order valence-electron chi connectivity index (χ1n) is 7.72. The lowest BCUT2D eigenvalue weighted by molar-refractivity contribution is -0.0107. The van der Waals surface area contributed by atoms with E-state index in [0.717, 1.165) is 31.6 Å². The molecule has 0 aromatic carbocycles. The summed E-state index contributed by atoms with van der Waals surface area (Å²) in [5, 5.41) is 22.7. The zero-order chi connectivity index (χ0) is 15.5. The maximum atomic E-state index is 10.8. The van der Waals surface area contributed by atoms with Gasteiger partial charge in [0.05, 0.1) is 11.6 Å². The fourth-order valence-corrected chi connectivity index (χ4v) is 2.94. The number of nitrogens with one attached hydrogen (secondary N) is 1. The predicted molar refractivity (Wildman–Crippen MR) is 79.3 cm³/mol. The average molecular weight is 295 g/mol. The molecule has 0 spiro atoms. The highest BCUT2D eigenvalue weighted by Crippen LogP contribution is 2.33. The Balaban J connectivity index is 1.85. The maximum Gasteiger partial charge on any atom is 0.371 e. The molecule has 1 aliphatic rings. The van der Waals surface area contributed by atoms with Gasteiger partial charge >= 0.3 is 5.97 Å². The topological polar surface area (TPSA) is 82.7 Å².